The summed E-state index contributed by atoms with van der Waals surface area (Å²) in [4.78, 5) is 19.2. The van der Waals surface area contributed by atoms with Gasteiger partial charge in [0, 0.05) is 18.9 Å². The molecule has 14 heavy (non-hydrogen) atoms. The first-order valence-electron chi connectivity index (χ1n) is 3.94. The standard InChI is InChI=1S/C8H10BrN3O2/c1-14-8(13)6(2-10)7-11-3-5(9)4-12-7/h3-4,6H,2,10H2,1H3. The fourth-order valence-corrected chi connectivity index (χ4v) is 1.16. The molecule has 0 saturated heterocycles. The van der Waals surface area contributed by atoms with E-state index < -0.39 is 11.9 Å². The highest BCUT2D eigenvalue weighted by molar-refractivity contribution is 9.10. The summed E-state index contributed by atoms with van der Waals surface area (Å²) in [6.07, 6.45) is 3.13. The molecule has 0 saturated carbocycles. The lowest BCUT2D eigenvalue weighted by Gasteiger charge is -2.09. The lowest BCUT2D eigenvalue weighted by atomic mass is 10.1. The molecule has 0 spiro atoms. The van der Waals surface area contributed by atoms with E-state index in [-0.39, 0.29) is 6.54 Å². The van der Waals surface area contributed by atoms with Crippen LogP contribution in [0.1, 0.15) is 11.7 Å². The molecule has 1 unspecified atom stereocenters. The number of methoxy groups -OCH3 is 1. The third kappa shape index (κ3) is 2.49. The van der Waals surface area contributed by atoms with Crippen LogP contribution in [0.4, 0.5) is 0 Å². The SMILES string of the molecule is COC(=O)C(CN)c1ncc(Br)cn1. The number of carbonyl (C=O) groups is 1. The van der Waals surface area contributed by atoms with Crippen molar-refractivity contribution in [3.05, 3.63) is 22.7 Å². The van der Waals surface area contributed by atoms with E-state index in [1.807, 2.05) is 0 Å². The number of carbonyl (C=O) groups excluding carboxylic acids is 1. The van der Waals surface area contributed by atoms with Crippen LogP contribution < -0.4 is 5.73 Å². The van der Waals surface area contributed by atoms with Crippen molar-refractivity contribution in [2.75, 3.05) is 13.7 Å². The monoisotopic (exact) mass is 259 g/mol. The van der Waals surface area contributed by atoms with Crippen LogP contribution in [0.2, 0.25) is 0 Å². The van der Waals surface area contributed by atoms with Gasteiger partial charge in [0.1, 0.15) is 11.7 Å². The van der Waals surface area contributed by atoms with Crippen molar-refractivity contribution >= 4 is 21.9 Å². The molecule has 0 amide bonds. The second-order valence-electron chi connectivity index (χ2n) is 2.57. The molecule has 2 N–H and O–H groups in total. The molecule has 1 heterocycles. The normalized spacial score (nSPS) is 12.2. The predicted molar refractivity (Wildman–Crippen MR) is 53.5 cm³/mol. The molecular weight excluding hydrogens is 250 g/mol. The van der Waals surface area contributed by atoms with E-state index in [9.17, 15) is 4.79 Å². The molecule has 1 aromatic rings. The van der Waals surface area contributed by atoms with Gasteiger partial charge in [0.05, 0.1) is 11.6 Å². The Morgan fingerprint density at radius 3 is 2.64 bits per heavy atom. The van der Waals surface area contributed by atoms with E-state index >= 15 is 0 Å². The summed E-state index contributed by atoms with van der Waals surface area (Å²) < 4.78 is 5.33. The topological polar surface area (TPSA) is 78.1 Å². The molecule has 76 valence electrons. The van der Waals surface area contributed by atoms with E-state index in [4.69, 9.17) is 5.73 Å². The average molecular weight is 260 g/mol. The summed E-state index contributed by atoms with van der Waals surface area (Å²) in [5.74, 6) is -0.634. The number of hydrogen-bond donors (Lipinski definition) is 1. The summed E-state index contributed by atoms with van der Waals surface area (Å²) in [6, 6.07) is 0. The van der Waals surface area contributed by atoms with Crippen LogP contribution in [0.15, 0.2) is 16.9 Å². The Labute approximate surface area is 89.8 Å². The zero-order valence-corrected chi connectivity index (χ0v) is 9.19. The lowest BCUT2D eigenvalue weighted by molar-refractivity contribution is -0.142. The molecule has 6 heteroatoms. The van der Waals surface area contributed by atoms with Gasteiger partial charge in [0.15, 0.2) is 0 Å². The molecule has 1 rings (SSSR count). The van der Waals surface area contributed by atoms with E-state index in [0.717, 1.165) is 4.47 Å². The maximum absolute atomic E-state index is 11.2. The molecule has 1 aromatic heterocycles. The van der Waals surface area contributed by atoms with Gasteiger partial charge in [-0.05, 0) is 15.9 Å². The van der Waals surface area contributed by atoms with Crippen LogP contribution in [0.5, 0.6) is 0 Å². The zero-order chi connectivity index (χ0) is 10.6. The van der Waals surface area contributed by atoms with Gasteiger partial charge in [-0.25, -0.2) is 9.97 Å². The third-order valence-corrected chi connectivity index (χ3v) is 2.08. The lowest BCUT2D eigenvalue weighted by Crippen LogP contribution is -2.24. The van der Waals surface area contributed by atoms with Crippen molar-refractivity contribution in [1.29, 1.82) is 0 Å². The average Bonchev–Trinajstić information content (AvgIpc) is 2.21. The minimum absolute atomic E-state index is 0.133. The van der Waals surface area contributed by atoms with Gasteiger partial charge in [-0.3, -0.25) is 4.79 Å². The van der Waals surface area contributed by atoms with Crippen LogP contribution in [-0.4, -0.2) is 29.6 Å². The Morgan fingerprint density at radius 2 is 2.21 bits per heavy atom. The summed E-state index contributed by atoms with van der Waals surface area (Å²) in [7, 11) is 1.31. The number of rotatable bonds is 3. The summed E-state index contributed by atoms with van der Waals surface area (Å²) in [5.41, 5.74) is 5.43. The molecule has 0 fully saturated rings. The van der Waals surface area contributed by atoms with E-state index in [2.05, 4.69) is 30.6 Å². The van der Waals surface area contributed by atoms with Gasteiger partial charge in [0.2, 0.25) is 0 Å². The van der Waals surface area contributed by atoms with Crippen molar-refractivity contribution in [3.63, 3.8) is 0 Å². The fourth-order valence-electron chi connectivity index (χ4n) is 0.952. The van der Waals surface area contributed by atoms with Gasteiger partial charge in [-0.1, -0.05) is 0 Å². The third-order valence-electron chi connectivity index (χ3n) is 1.67. The smallest absolute Gasteiger partial charge is 0.317 e. The number of nitrogens with two attached hydrogens (primary N) is 1. The van der Waals surface area contributed by atoms with Crippen LogP contribution in [0.25, 0.3) is 0 Å². The molecule has 0 aliphatic heterocycles. The fraction of sp³-hybridized carbons (Fsp3) is 0.375. The Kier molecular flexibility index (Phi) is 3.97. The minimum atomic E-state index is -0.590. The highest BCUT2D eigenvalue weighted by Gasteiger charge is 2.22. The van der Waals surface area contributed by atoms with Crippen LogP contribution in [0, 0.1) is 0 Å². The van der Waals surface area contributed by atoms with Crippen molar-refractivity contribution in [2.24, 2.45) is 5.73 Å². The number of hydrogen-bond acceptors (Lipinski definition) is 5. The van der Waals surface area contributed by atoms with Gasteiger partial charge in [-0.2, -0.15) is 0 Å². The Morgan fingerprint density at radius 1 is 1.64 bits per heavy atom. The number of ether oxygens (including phenoxy) is 1. The van der Waals surface area contributed by atoms with E-state index in [1.54, 1.807) is 12.4 Å². The maximum Gasteiger partial charge on any atom is 0.317 e. The first-order valence-corrected chi connectivity index (χ1v) is 4.73. The number of halogens is 1. The molecule has 0 aliphatic carbocycles. The molecule has 0 aromatic carbocycles. The van der Waals surface area contributed by atoms with E-state index in [0.29, 0.717) is 5.82 Å². The van der Waals surface area contributed by atoms with Crippen molar-refractivity contribution in [2.45, 2.75) is 5.92 Å². The van der Waals surface area contributed by atoms with Crippen molar-refractivity contribution < 1.29 is 9.53 Å². The largest absolute Gasteiger partial charge is 0.468 e. The summed E-state index contributed by atoms with van der Waals surface area (Å²) in [5, 5.41) is 0. The van der Waals surface area contributed by atoms with Gasteiger partial charge >= 0.3 is 5.97 Å². The van der Waals surface area contributed by atoms with Gasteiger partial charge in [-0.15, -0.1) is 0 Å². The predicted octanol–water partition coefficient (Wildman–Crippen LogP) is 0.454. The van der Waals surface area contributed by atoms with Crippen molar-refractivity contribution in [1.82, 2.24) is 9.97 Å². The highest BCUT2D eigenvalue weighted by Crippen LogP contribution is 2.13. The number of aromatic nitrogens is 2. The Bertz CT molecular complexity index is 315. The first kappa shape index (κ1) is 11.1. The first-order chi connectivity index (χ1) is 6.69. The Balaban J connectivity index is 2.89. The second kappa shape index (κ2) is 5.02. The molecule has 1 atom stereocenters. The second-order valence-corrected chi connectivity index (χ2v) is 3.49. The molecule has 0 radical (unpaired) electrons. The summed E-state index contributed by atoms with van der Waals surface area (Å²) in [6.45, 7) is 0.133. The highest BCUT2D eigenvalue weighted by atomic mass is 79.9. The van der Waals surface area contributed by atoms with Crippen LogP contribution in [-0.2, 0) is 9.53 Å². The van der Waals surface area contributed by atoms with Crippen molar-refractivity contribution in [3.8, 4) is 0 Å². The van der Waals surface area contributed by atoms with E-state index in [1.165, 1.54) is 7.11 Å². The van der Waals surface area contributed by atoms with Crippen LogP contribution in [0.3, 0.4) is 0 Å². The number of nitrogens with zero attached hydrogens (tertiary/aromatic N) is 2. The molecular formula is C8H10BrN3O2. The number of esters is 1. The zero-order valence-electron chi connectivity index (χ0n) is 7.61. The molecule has 5 nitrogen and oxygen atoms in total. The summed E-state index contributed by atoms with van der Waals surface area (Å²) >= 11 is 3.20. The molecule has 0 bridgehead atoms. The van der Waals surface area contributed by atoms with Crippen LogP contribution >= 0.6 is 15.9 Å². The minimum Gasteiger partial charge on any atom is -0.468 e. The van der Waals surface area contributed by atoms with Gasteiger partial charge in [0.25, 0.3) is 0 Å². The quantitative estimate of drug-likeness (QED) is 0.798. The molecule has 0 aliphatic rings. The Hall–Kier alpha value is -1.01. The maximum atomic E-state index is 11.2. The van der Waals surface area contributed by atoms with Gasteiger partial charge < -0.3 is 10.5 Å².